The molecule has 27 heavy (non-hydrogen) atoms. The number of anilines is 1. The number of hydrogen-bond donors (Lipinski definition) is 2. The van der Waals surface area contributed by atoms with Gasteiger partial charge in [-0.05, 0) is 36.2 Å². The fourth-order valence-corrected chi connectivity index (χ4v) is 3.41. The summed E-state index contributed by atoms with van der Waals surface area (Å²) in [6, 6.07) is 10.8. The number of piperidine rings is 1. The number of rotatable bonds is 4. The first kappa shape index (κ1) is 18.7. The third-order valence-electron chi connectivity index (χ3n) is 4.86. The molecule has 0 radical (unpaired) electrons. The summed E-state index contributed by atoms with van der Waals surface area (Å²) >= 11 is 0. The van der Waals surface area contributed by atoms with E-state index < -0.39 is 0 Å². The Morgan fingerprint density at radius 3 is 2.48 bits per heavy atom. The van der Waals surface area contributed by atoms with Gasteiger partial charge in [0.05, 0.1) is 13.2 Å². The molecule has 3 amide bonds. The lowest BCUT2D eigenvalue weighted by Crippen LogP contribution is -2.53. The van der Waals surface area contributed by atoms with Gasteiger partial charge in [0.1, 0.15) is 5.75 Å². The number of benzene rings is 1. The molecule has 2 aromatic rings. The molecule has 1 aromatic carbocycles. The first-order valence-electron chi connectivity index (χ1n) is 8.94. The van der Waals surface area contributed by atoms with Crippen molar-refractivity contribution < 1.29 is 14.3 Å². The Hall–Kier alpha value is -3.09. The number of ether oxygens (including phenoxy) is 1. The summed E-state index contributed by atoms with van der Waals surface area (Å²) < 4.78 is 5.23. The van der Waals surface area contributed by atoms with Crippen LogP contribution in [0.3, 0.4) is 0 Å². The maximum Gasteiger partial charge on any atom is 0.319 e. The summed E-state index contributed by atoms with van der Waals surface area (Å²) in [7, 11) is 1.63. The van der Waals surface area contributed by atoms with E-state index in [0.29, 0.717) is 18.8 Å². The molecule has 2 atom stereocenters. The lowest BCUT2D eigenvalue weighted by Gasteiger charge is -2.38. The Labute approximate surface area is 158 Å². The number of nitrogens with zero attached hydrogens (tertiary/aromatic N) is 2. The number of amides is 3. The van der Waals surface area contributed by atoms with E-state index >= 15 is 0 Å². The molecule has 0 aliphatic carbocycles. The van der Waals surface area contributed by atoms with Gasteiger partial charge in [0.25, 0.3) is 0 Å². The number of likely N-dealkylation sites (tertiary alicyclic amines) is 1. The van der Waals surface area contributed by atoms with Gasteiger partial charge in [0.15, 0.2) is 0 Å². The Morgan fingerprint density at radius 1 is 1.15 bits per heavy atom. The molecule has 0 saturated carbocycles. The largest absolute Gasteiger partial charge is 0.497 e. The average Bonchev–Trinajstić information content (AvgIpc) is 2.68. The van der Waals surface area contributed by atoms with Crippen LogP contribution in [0.25, 0.3) is 0 Å². The Kier molecular flexibility index (Phi) is 5.90. The molecule has 2 N–H and O–H groups in total. The third kappa shape index (κ3) is 4.75. The average molecular weight is 368 g/mol. The van der Waals surface area contributed by atoms with Crippen LogP contribution in [0.4, 0.5) is 10.5 Å². The van der Waals surface area contributed by atoms with Crippen molar-refractivity contribution in [2.45, 2.75) is 25.3 Å². The van der Waals surface area contributed by atoms with E-state index in [0.717, 1.165) is 17.7 Å². The molecule has 142 valence electrons. The molecule has 1 aromatic heterocycles. The van der Waals surface area contributed by atoms with Crippen LogP contribution >= 0.6 is 0 Å². The third-order valence-corrected chi connectivity index (χ3v) is 4.86. The van der Waals surface area contributed by atoms with Crippen molar-refractivity contribution in [1.82, 2.24) is 15.2 Å². The van der Waals surface area contributed by atoms with Crippen LogP contribution in [0.5, 0.6) is 5.75 Å². The second-order valence-corrected chi connectivity index (χ2v) is 6.57. The van der Waals surface area contributed by atoms with Gasteiger partial charge in [-0.3, -0.25) is 9.78 Å². The lowest BCUT2D eigenvalue weighted by molar-refractivity contribution is -0.130. The zero-order valence-electron chi connectivity index (χ0n) is 15.5. The number of carbonyl (C=O) groups is 2. The topological polar surface area (TPSA) is 83.6 Å². The van der Waals surface area contributed by atoms with Crippen LogP contribution in [0, 0.1) is 0 Å². The summed E-state index contributed by atoms with van der Waals surface area (Å²) in [5, 5.41) is 5.84. The summed E-state index contributed by atoms with van der Waals surface area (Å²) in [5.74, 6) is 0.930. The second kappa shape index (κ2) is 8.53. The Morgan fingerprint density at radius 2 is 1.85 bits per heavy atom. The molecule has 1 aliphatic heterocycles. The van der Waals surface area contributed by atoms with Crippen LogP contribution in [0.2, 0.25) is 0 Å². The smallest absolute Gasteiger partial charge is 0.319 e. The Balaban J connectivity index is 1.74. The number of nitrogens with one attached hydrogen (secondary N) is 2. The highest BCUT2D eigenvalue weighted by Gasteiger charge is 2.32. The van der Waals surface area contributed by atoms with Gasteiger partial charge in [0.2, 0.25) is 5.91 Å². The van der Waals surface area contributed by atoms with Gasteiger partial charge in [-0.15, -0.1) is 0 Å². The zero-order chi connectivity index (χ0) is 19.2. The quantitative estimate of drug-likeness (QED) is 0.869. The van der Waals surface area contributed by atoms with Crippen molar-refractivity contribution in [2.24, 2.45) is 0 Å². The molecule has 1 fully saturated rings. The normalized spacial score (nSPS) is 19.3. The number of aromatic nitrogens is 1. The highest BCUT2D eigenvalue weighted by Crippen LogP contribution is 2.30. The van der Waals surface area contributed by atoms with E-state index in [-0.39, 0.29) is 23.9 Å². The summed E-state index contributed by atoms with van der Waals surface area (Å²) in [6.07, 6.45) is 4.02. The standard InChI is InChI=1S/C20H24N4O3/c1-14(25)24-12-9-18(15-3-5-17(27-2)6-4-15)19(13-24)23-20(26)22-16-7-10-21-11-8-16/h3-8,10-11,18-19H,9,12-13H2,1-2H3,(H2,21,22,23,26). The minimum atomic E-state index is -0.296. The van der Waals surface area contributed by atoms with Crippen molar-refractivity contribution in [3.63, 3.8) is 0 Å². The summed E-state index contributed by atoms with van der Waals surface area (Å²) in [4.78, 5) is 30.0. The van der Waals surface area contributed by atoms with E-state index in [4.69, 9.17) is 4.74 Å². The molecular weight excluding hydrogens is 344 g/mol. The molecule has 3 rings (SSSR count). The lowest BCUT2D eigenvalue weighted by atomic mass is 9.85. The van der Waals surface area contributed by atoms with E-state index in [1.54, 1.807) is 43.5 Å². The number of urea groups is 1. The van der Waals surface area contributed by atoms with Crippen LogP contribution in [-0.4, -0.2) is 48.1 Å². The van der Waals surface area contributed by atoms with Gasteiger partial charge < -0.3 is 20.3 Å². The van der Waals surface area contributed by atoms with E-state index in [1.165, 1.54) is 0 Å². The minimum Gasteiger partial charge on any atom is -0.497 e. The molecule has 7 nitrogen and oxygen atoms in total. The monoisotopic (exact) mass is 368 g/mol. The highest BCUT2D eigenvalue weighted by molar-refractivity contribution is 5.89. The number of pyridine rings is 1. The second-order valence-electron chi connectivity index (χ2n) is 6.57. The predicted octanol–water partition coefficient (Wildman–Crippen LogP) is 2.62. The molecule has 7 heteroatoms. The molecule has 1 saturated heterocycles. The van der Waals surface area contributed by atoms with E-state index in [2.05, 4.69) is 15.6 Å². The maximum absolute atomic E-state index is 12.5. The van der Waals surface area contributed by atoms with Crippen LogP contribution < -0.4 is 15.4 Å². The van der Waals surface area contributed by atoms with Crippen molar-refractivity contribution in [3.05, 3.63) is 54.4 Å². The van der Waals surface area contributed by atoms with Gasteiger partial charge in [0, 0.05) is 44.0 Å². The minimum absolute atomic E-state index is 0.0181. The fourth-order valence-electron chi connectivity index (χ4n) is 3.41. The van der Waals surface area contributed by atoms with Crippen molar-refractivity contribution in [1.29, 1.82) is 0 Å². The zero-order valence-corrected chi connectivity index (χ0v) is 15.5. The number of hydrogen-bond acceptors (Lipinski definition) is 4. The Bertz CT molecular complexity index is 780. The van der Waals surface area contributed by atoms with Crippen LogP contribution in [0.15, 0.2) is 48.8 Å². The molecule has 0 spiro atoms. The molecule has 1 aliphatic rings. The summed E-state index contributed by atoms with van der Waals surface area (Å²) in [6.45, 7) is 2.72. The first-order chi connectivity index (χ1) is 13.1. The SMILES string of the molecule is COc1ccc(C2CCN(C(C)=O)CC2NC(=O)Nc2ccncc2)cc1. The highest BCUT2D eigenvalue weighted by atomic mass is 16.5. The van der Waals surface area contributed by atoms with E-state index in [9.17, 15) is 9.59 Å². The summed E-state index contributed by atoms with van der Waals surface area (Å²) in [5.41, 5.74) is 1.79. The molecule has 2 heterocycles. The van der Waals surface area contributed by atoms with Crippen molar-refractivity contribution in [3.8, 4) is 5.75 Å². The van der Waals surface area contributed by atoms with Gasteiger partial charge in [-0.2, -0.15) is 0 Å². The van der Waals surface area contributed by atoms with Gasteiger partial charge in [-0.25, -0.2) is 4.79 Å². The van der Waals surface area contributed by atoms with Crippen molar-refractivity contribution >= 4 is 17.6 Å². The predicted molar refractivity (Wildman–Crippen MR) is 103 cm³/mol. The maximum atomic E-state index is 12.5. The van der Waals surface area contributed by atoms with Crippen molar-refractivity contribution in [2.75, 3.05) is 25.5 Å². The van der Waals surface area contributed by atoms with Gasteiger partial charge in [-0.1, -0.05) is 12.1 Å². The molecule has 2 unspecified atom stereocenters. The van der Waals surface area contributed by atoms with E-state index in [1.807, 2.05) is 24.3 Å². The van der Waals surface area contributed by atoms with Crippen LogP contribution in [-0.2, 0) is 4.79 Å². The fraction of sp³-hybridized carbons (Fsp3) is 0.350. The van der Waals surface area contributed by atoms with Gasteiger partial charge >= 0.3 is 6.03 Å². The molecular formula is C20H24N4O3. The number of methoxy groups -OCH3 is 1. The number of carbonyl (C=O) groups excluding carboxylic acids is 2. The first-order valence-corrected chi connectivity index (χ1v) is 8.94. The van der Waals surface area contributed by atoms with Crippen LogP contribution in [0.1, 0.15) is 24.8 Å². The molecule has 0 bridgehead atoms.